The number of benzene rings is 2. The van der Waals surface area contributed by atoms with Crippen molar-refractivity contribution in [1.29, 1.82) is 0 Å². The number of nitrogens with one attached hydrogen (secondary N) is 1. The number of methoxy groups -OCH3 is 1. The molecule has 0 unspecified atom stereocenters. The summed E-state index contributed by atoms with van der Waals surface area (Å²) in [6.45, 7) is 0.385. The predicted octanol–water partition coefficient (Wildman–Crippen LogP) is 2.25. The molecular formula is C19H18N2O4. The molecule has 2 aromatic rings. The molecule has 0 saturated carbocycles. The summed E-state index contributed by atoms with van der Waals surface area (Å²) in [7, 11) is 1.28. The van der Waals surface area contributed by atoms with Crippen molar-refractivity contribution in [3.63, 3.8) is 0 Å². The van der Waals surface area contributed by atoms with Crippen molar-refractivity contribution < 1.29 is 19.4 Å². The maximum Gasteiger partial charge on any atom is 0.411 e. The molecule has 4 rings (SSSR count). The molecule has 25 heavy (non-hydrogen) atoms. The molecule has 128 valence electrons. The van der Waals surface area contributed by atoms with Crippen LogP contribution in [-0.2, 0) is 9.53 Å². The van der Waals surface area contributed by atoms with Crippen molar-refractivity contribution in [2.75, 3.05) is 20.2 Å². The lowest BCUT2D eigenvalue weighted by atomic mass is 9.87. The highest BCUT2D eigenvalue weighted by Gasteiger charge is 2.56. The minimum absolute atomic E-state index is 0.193. The molecule has 0 atom stereocenters. The fraction of sp³-hybridized carbons (Fsp3) is 0.263. The summed E-state index contributed by atoms with van der Waals surface area (Å²) in [4.78, 5) is 26.1. The van der Waals surface area contributed by atoms with E-state index < -0.39 is 23.6 Å². The second-order valence-corrected chi connectivity index (χ2v) is 6.36. The molecule has 2 aliphatic rings. The van der Waals surface area contributed by atoms with Crippen LogP contribution in [0.2, 0.25) is 0 Å². The first kappa shape index (κ1) is 15.7. The summed E-state index contributed by atoms with van der Waals surface area (Å²) in [5.41, 5.74) is 2.56. The summed E-state index contributed by atoms with van der Waals surface area (Å²) in [5, 5.41) is 12.8. The van der Waals surface area contributed by atoms with Gasteiger partial charge < -0.3 is 15.2 Å². The molecule has 1 amide bonds. The fourth-order valence-corrected chi connectivity index (χ4v) is 3.82. The summed E-state index contributed by atoms with van der Waals surface area (Å²) in [5.74, 6) is -1.03. The Bertz CT molecular complexity index is 815. The second-order valence-electron chi connectivity index (χ2n) is 6.36. The number of hydrogen-bond donors (Lipinski definition) is 2. The van der Waals surface area contributed by atoms with E-state index in [1.807, 2.05) is 48.5 Å². The van der Waals surface area contributed by atoms with Crippen LogP contribution in [0, 0.1) is 0 Å². The van der Waals surface area contributed by atoms with Crippen LogP contribution in [-0.4, -0.2) is 47.8 Å². The second kappa shape index (κ2) is 5.60. The minimum Gasteiger partial charge on any atom is -0.479 e. The number of carbonyl (C=O) groups excluding carboxylic acids is 1. The number of rotatable bonds is 3. The summed E-state index contributed by atoms with van der Waals surface area (Å²) in [6.07, 6.45) is -0.639. The van der Waals surface area contributed by atoms with Crippen LogP contribution in [0.3, 0.4) is 0 Å². The molecular weight excluding hydrogens is 320 g/mol. The lowest BCUT2D eigenvalue weighted by Crippen LogP contribution is -2.74. The van der Waals surface area contributed by atoms with Gasteiger partial charge in [0.25, 0.3) is 0 Å². The maximum atomic E-state index is 12.7. The monoisotopic (exact) mass is 338 g/mol. The standard InChI is InChI=1S/C19H18N2O4/c1-25-18(24)21(19(17(22)23)10-20-11-19)16-14-8-4-2-6-12(14)13-7-3-5-9-15(13)16/h2-9,16,20H,10-11H2,1H3,(H,22,23). The highest BCUT2D eigenvalue weighted by Crippen LogP contribution is 2.48. The number of fused-ring (bicyclic) bond motifs is 3. The van der Waals surface area contributed by atoms with Crippen LogP contribution in [0.1, 0.15) is 17.2 Å². The zero-order valence-corrected chi connectivity index (χ0v) is 13.7. The quantitative estimate of drug-likeness (QED) is 0.897. The highest BCUT2D eigenvalue weighted by atomic mass is 16.5. The van der Waals surface area contributed by atoms with Crippen LogP contribution < -0.4 is 5.32 Å². The van der Waals surface area contributed by atoms with Gasteiger partial charge in [-0.05, 0) is 22.3 Å². The Kier molecular flexibility index (Phi) is 3.51. The topological polar surface area (TPSA) is 78.9 Å². The summed E-state index contributed by atoms with van der Waals surface area (Å²) in [6, 6.07) is 15.1. The minimum atomic E-state index is -1.32. The van der Waals surface area contributed by atoms with Crippen LogP contribution in [0.5, 0.6) is 0 Å². The average molecular weight is 338 g/mol. The Morgan fingerprint density at radius 2 is 1.60 bits per heavy atom. The first-order valence-corrected chi connectivity index (χ1v) is 8.10. The third kappa shape index (κ3) is 2.07. The van der Waals surface area contributed by atoms with Crippen LogP contribution in [0.25, 0.3) is 11.1 Å². The van der Waals surface area contributed by atoms with Crippen molar-refractivity contribution in [3.05, 3.63) is 59.7 Å². The smallest absolute Gasteiger partial charge is 0.411 e. The molecule has 0 radical (unpaired) electrons. The van der Waals surface area contributed by atoms with Crippen LogP contribution >= 0.6 is 0 Å². The Morgan fingerprint density at radius 1 is 1.08 bits per heavy atom. The van der Waals surface area contributed by atoms with Gasteiger partial charge in [0, 0.05) is 13.1 Å². The van der Waals surface area contributed by atoms with E-state index in [9.17, 15) is 14.7 Å². The Labute approximate surface area is 145 Å². The molecule has 1 aliphatic carbocycles. The van der Waals surface area contributed by atoms with E-state index >= 15 is 0 Å². The molecule has 1 heterocycles. The third-order valence-corrected chi connectivity index (χ3v) is 5.12. The van der Waals surface area contributed by atoms with Gasteiger partial charge in [-0.3, -0.25) is 4.90 Å². The number of carboxylic acids is 1. The Morgan fingerprint density at radius 3 is 2.00 bits per heavy atom. The molecule has 6 nitrogen and oxygen atoms in total. The largest absolute Gasteiger partial charge is 0.479 e. The fourth-order valence-electron chi connectivity index (χ4n) is 3.82. The molecule has 1 saturated heterocycles. The maximum absolute atomic E-state index is 12.7. The SMILES string of the molecule is COC(=O)N(C1c2ccccc2-c2ccccc21)C1(C(=O)O)CNC1. The van der Waals surface area contributed by atoms with E-state index in [-0.39, 0.29) is 13.1 Å². The molecule has 6 heteroatoms. The number of carbonyl (C=O) groups is 2. The lowest BCUT2D eigenvalue weighted by molar-refractivity contribution is -0.155. The molecule has 0 aromatic heterocycles. The summed E-state index contributed by atoms with van der Waals surface area (Å²) >= 11 is 0. The number of nitrogens with zero attached hydrogens (tertiary/aromatic N) is 1. The van der Waals surface area contributed by atoms with Gasteiger partial charge in [0.1, 0.15) is 0 Å². The van der Waals surface area contributed by atoms with E-state index in [0.29, 0.717) is 0 Å². The number of amides is 1. The highest BCUT2D eigenvalue weighted by molar-refractivity contribution is 5.89. The molecule has 1 fully saturated rings. The predicted molar refractivity (Wildman–Crippen MR) is 91.2 cm³/mol. The number of ether oxygens (including phenoxy) is 1. The number of hydrogen-bond acceptors (Lipinski definition) is 4. The van der Waals surface area contributed by atoms with Gasteiger partial charge in [0.15, 0.2) is 5.54 Å². The van der Waals surface area contributed by atoms with Crippen molar-refractivity contribution >= 4 is 12.1 Å². The van der Waals surface area contributed by atoms with E-state index in [1.165, 1.54) is 12.0 Å². The first-order chi connectivity index (χ1) is 12.1. The van der Waals surface area contributed by atoms with Crippen LogP contribution in [0.15, 0.2) is 48.5 Å². The molecule has 1 aliphatic heterocycles. The number of carboxylic acid groups (broad SMARTS) is 1. The van der Waals surface area contributed by atoms with Crippen molar-refractivity contribution in [2.45, 2.75) is 11.6 Å². The average Bonchev–Trinajstić information content (AvgIpc) is 2.91. The van der Waals surface area contributed by atoms with Gasteiger partial charge >= 0.3 is 12.1 Å². The van der Waals surface area contributed by atoms with Gasteiger partial charge in [0.2, 0.25) is 0 Å². The molecule has 2 aromatic carbocycles. The van der Waals surface area contributed by atoms with Crippen molar-refractivity contribution in [1.82, 2.24) is 10.2 Å². The number of aliphatic carboxylic acids is 1. The van der Waals surface area contributed by atoms with E-state index in [4.69, 9.17) is 4.74 Å². The van der Waals surface area contributed by atoms with Gasteiger partial charge in [-0.25, -0.2) is 9.59 Å². The van der Waals surface area contributed by atoms with Gasteiger partial charge in [-0.2, -0.15) is 0 Å². The van der Waals surface area contributed by atoms with Gasteiger partial charge in [-0.1, -0.05) is 48.5 Å². The zero-order valence-electron chi connectivity index (χ0n) is 13.7. The molecule has 2 N–H and O–H groups in total. The van der Waals surface area contributed by atoms with Crippen LogP contribution in [0.4, 0.5) is 4.79 Å². The summed E-state index contributed by atoms with van der Waals surface area (Å²) < 4.78 is 4.98. The van der Waals surface area contributed by atoms with E-state index in [1.54, 1.807) is 0 Å². The Balaban J connectivity index is 1.94. The lowest BCUT2D eigenvalue weighted by Gasteiger charge is -2.49. The zero-order chi connectivity index (χ0) is 17.6. The normalized spacial score (nSPS) is 17.2. The van der Waals surface area contributed by atoms with Crippen molar-refractivity contribution in [2.24, 2.45) is 0 Å². The Hall–Kier alpha value is -2.86. The molecule has 0 spiro atoms. The van der Waals surface area contributed by atoms with E-state index in [0.717, 1.165) is 22.3 Å². The van der Waals surface area contributed by atoms with Gasteiger partial charge in [-0.15, -0.1) is 0 Å². The van der Waals surface area contributed by atoms with Gasteiger partial charge in [0.05, 0.1) is 13.2 Å². The van der Waals surface area contributed by atoms with Crippen molar-refractivity contribution in [3.8, 4) is 11.1 Å². The molecule has 0 bridgehead atoms. The first-order valence-electron chi connectivity index (χ1n) is 8.10. The van der Waals surface area contributed by atoms with E-state index in [2.05, 4.69) is 5.32 Å². The third-order valence-electron chi connectivity index (χ3n) is 5.12.